The summed E-state index contributed by atoms with van der Waals surface area (Å²) in [5, 5.41) is 33.5. The highest BCUT2D eigenvalue weighted by Crippen LogP contribution is 2.39. The third kappa shape index (κ3) is 7.40. The fourth-order valence-corrected chi connectivity index (χ4v) is 7.64. The SMILES string of the molecule is C[C@@H](Cn1cnnn1)Oc1cc(-c2cnc(Nc3cn(C4CCC(N5[C@@H]6CC[C@H]5COC6)CC4)nc3OCCn3cccn3)nc2)ccc1C#N. The summed E-state index contributed by atoms with van der Waals surface area (Å²) in [5.41, 5.74) is 2.74. The molecule has 16 heteroatoms. The van der Waals surface area contributed by atoms with Gasteiger partial charge in [0.05, 0.1) is 44.1 Å². The quantitative estimate of drug-likeness (QED) is 0.188. The summed E-state index contributed by atoms with van der Waals surface area (Å²) < 4.78 is 23.6. The van der Waals surface area contributed by atoms with Crippen LogP contribution < -0.4 is 14.8 Å². The maximum absolute atomic E-state index is 9.69. The second-order valence-electron chi connectivity index (χ2n) is 13.5. The lowest BCUT2D eigenvalue weighted by Crippen LogP contribution is -2.52. The minimum Gasteiger partial charge on any atom is -0.487 e. The molecule has 1 aromatic carbocycles. The van der Waals surface area contributed by atoms with Gasteiger partial charge in [-0.2, -0.15) is 10.4 Å². The smallest absolute Gasteiger partial charge is 0.257 e. The molecule has 264 valence electrons. The Labute approximate surface area is 295 Å². The van der Waals surface area contributed by atoms with E-state index in [1.54, 1.807) is 29.3 Å². The first kappa shape index (κ1) is 32.8. The predicted molar refractivity (Wildman–Crippen MR) is 184 cm³/mol. The molecule has 2 saturated heterocycles. The van der Waals surface area contributed by atoms with Crippen LogP contribution >= 0.6 is 0 Å². The van der Waals surface area contributed by atoms with Crippen molar-refractivity contribution >= 4 is 11.6 Å². The Bertz CT molecular complexity index is 1900. The Morgan fingerprint density at radius 3 is 2.51 bits per heavy atom. The summed E-state index contributed by atoms with van der Waals surface area (Å²) in [6, 6.07) is 11.6. The van der Waals surface area contributed by atoms with Gasteiger partial charge in [-0.05, 0) is 79.6 Å². The second-order valence-corrected chi connectivity index (χ2v) is 13.5. The van der Waals surface area contributed by atoms with E-state index in [2.05, 4.69) is 51.6 Å². The minimum absolute atomic E-state index is 0.273. The normalized spacial score (nSPS) is 22.4. The van der Waals surface area contributed by atoms with Crippen LogP contribution in [-0.2, 0) is 17.8 Å². The van der Waals surface area contributed by atoms with Gasteiger partial charge in [0.1, 0.15) is 36.5 Å². The third-order valence-corrected chi connectivity index (χ3v) is 10.1. The Balaban J connectivity index is 0.956. The van der Waals surface area contributed by atoms with Crippen LogP contribution in [0, 0.1) is 11.3 Å². The highest BCUT2D eigenvalue weighted by molar-refractivity contribution is 5.67. The van der Waals surface area contributed by atoms with E-state index in [9.17, 15) is 5.26 Å². The number of morpholine rings is 1. The monoisotopic (exact) mass is 691 g/mol. The van der Waals surface area contributed by atoms with Gasteiger partial charge in [-0.25, -0.2) is 14.6 Å². The van der Waals surface area contributed by atoms with Crippen LogP contribution in [0.25, 0.3) is 11.1 Å². The molecule has 8 rings (SSSR count). The van der Waals surface area contributed by atoms with E-state index >= 15 is 0 Å². The van der Waals surface area contributed by atoms with Crippen LogP contribution in [0.2, 0.25) is 0 Å². The minimum atomic E-state index is -0.273. The Morgan fingerprint density at radius 2 is 1.78 bits per heavy atom. The van der Waals surface area contributed by atoms with Gasteiger partial charge in [0.2, 0.25) is 5.95 Å². The van der Waals surface area contributed by atoms with Gasteiger partial charge in [0.25, 0.3) is 5.88 Å². The van der Waals surface area contributed by atoms with Crippen LogP contribution in [0.4, 0.5) is 11.6 Å². The number of anilines is 2. The van der Waals surface area contributed by atoms with Crippen LogP contribution in [0.3, 0.4) is 0 Å². The number of fused-ring (bicyclic) bond motifs is 2. The van der Waals surface area contributed by atoms with Crippen molar-refractivity contribution in [3.63, 3.8) is 0 Å². The molecule has 6 heterocycles. The van der Waals surface area contributed by atoms with E-state index in [1.807, 2.05) is 42.2 Å². The maximum atomic E-state index is 9.69. The van der Waals surface area contributed by atoms with Crippen LogP contribution in [0.5, 0.6) is 11.6 Å². The lowest BCUT2D eigenvalue weighted by atomic mass is 9.89. The van der Waals surface area contributed by atoms with Crippen molar-refractivity contribution in [1.29, 1.82) is 5.26 Å². The largest absolute Gasteiger partial charge is 0.487 e. The van der Waals surface area contributed by atoms with Crippen molar-refractivity contribution < 1.29 is 14.2 Å². The molecule has 0 radical (unpaired) electrons. The number of nitrogens with zero attached hydrogens (tertiary/aromatic N) is 12. The van der Waals surface area contributed by atoms with Crippen LogP contribution in [0.1, 0.15) is 57.1 Å². The zero-order chi connectivity index (χ0) is 34.6. The molecule has 0 unspecified atom stereocenters. The lowest BCUT2D eigenvalue weighted by molar-refractivity contribution is -0.0458. The molecule has 3 aliphatic rings. The van der Waals surface area contributed by atoms with Gasteiger partial charge in [-0.1, -0.05) is 6.07 Å². The first-order valence-corrected chi connectivity index (χ1v) is 17.6. The molecule has 3 atom stereocenters. The van der Waals surface area contributed by atoms with E-state index in [4.69, 9.17) is 19.3 Å². The molecule has 1 aliphatic carbocycles. The molecule has 51 heavy (non-hydrogen) atoms. The van der Waals surface area contributed by atoms with Crippen molar-refractivity contribution in [1.82, 2.24) is 54.6 Å². The number of aromatic nitrogens is 10. The van der Waals surface area contributed by atoms with Crippen molar-refractivity contribution in [2.24, 2.45) is 0 Å². The van der Waals surface area contributed by atoms with Gasteiger partial charge in [0, 0.05) is 48.5 Å². The number of benzene rings is 1. The average Bonchev–Trinajstić information content (AvgIpc) is 3.98. The number of hydrogen-bond acceptors (Lipinski definition) is 13. The molecule has 4 aromatic heterocycles. The van der Waals surface area contributed by atoms with Gasteiger partial charge in [0.15, 0.2) is 0 Å². The highest BCUT2D eigenvalue weighted by atomic mass is 16.5. The third-order valence-electron chi connectivity index (χ3n) is 10.1. The van der Waals surface area contributed by atoms with Crippen LogP contribution in [0.15, 0.2) is 61.6 Å². The number of rotatable bonds is 13. The molecule has 0 spiro atoms. The number of tetrazole rings is 1. The summed E-state index contributed by atoms with van der Waals surface area (Å²) in [4.78, 5) is 12.0. The molecule has 2 bridgehead atoms. The molecule has 1 N–H and O–H groups in total. The van der Waals surface area contributed by atoms with E-state index < -0.39 is 0 Å². The summed E-state index contributed by atoms with van der Waals surface area (Å²) >= 11 is 0. The second kappa shape index (κ2) is 14.8. The van der Waals surface area contributed by atoms with E-state index in [-0.39, 0.29) is 12.1 Å². The number of hydrogen-bond donors (Lipinski definition) is 1. The molecular formula is C35H41N13O3. The van der Waals surface area contributed by atoms with E-state index in [1.165, 1.54) is 19.2 Å². The van der Waals surface area contributed by atoms with Gasteiger partial charge in [-0.3, -0.25) is 14.3 Å². The summed E-state index contributed by atoms with van der Waals surface area (Å²) in [6.07, 6.45) is 17.4. The van der Waals surface area contributed by atoms with Crippen molar-refractivity contribution in [2.75, 3.05) is 25.1 Å². The van der Waals surface area contributed by atoms with Gasteiger partial charge < -0.3 is 19.5 Å². The van der Waals surface area contributed by atoms with E-state index in [0.717, 1.165) is 50.0 Å². The number of nitrogens with one attached hydrogen (secondary N) is 1. The van der Waals surface area contributed by atoms with Crippen molar-refractivity contribution in [3.05, 3.63) is 67.1 Å². The van der Waals surface area contributed by atoms with Crippen molar-refractivity contribution in [3.8, 4) is 28.8 Å². The maximum Gasteiger partial charge on any atom is 0.257 e. The summed E-state index contributed by atoms with van der Waals surface area (Å²) in [5.74, 6) is 1.39. The highest BCUT2D eigenvalue weighted by Gasteiger charge is 2.42. The Hall–Kier alpha value is -5.40. The topological polar surface area (TPSA) is 172 Å². The van der Waals surface area contributed by atoms with Gasteiger partial charge in [-0.15, -0.1) is 10.2 Å². The van der Waals surface area contributed by atoms with Gasteiger partial charge >= 0.3 is 0 Å². The Kier molecular flexibility index (Phi) is 9.54. The summed E-state index contributed by atoms with van der Waals surface area (Å²) in [7, 11) is 0. The van der Waals surface area contributed by atoms with Crippen molar-refractivity contribution in [2.45, 2.75) is 88.8 Å². The first-order chi connectivity index (χ1) is 25.1. The standard InChI is InChI=1S/C35H41N13O3/c1-24(19-46-23-39-43-44-46)51-33-15-25(3-4-26(33)16-36)27-17-37-35(38-18-27)41-32-20-47(42-34(32)50-14-13-45-12-2-11-40-45)28-5-7-29(8-6-28)48-30-9-10-31(48)22-49-21-30/h2-4,11-12,15,17-18,20,23-24,28-31H,5-10,13-14,19,21-22H2,1H3,(H,37,38,41)/t24-,28?,29?,30-,31+/m0/s1. The molecule has 0 amide bonds. The van der Waals surface area contributed by atoms with Crippen LogP contribution in [-0.4, -0.2) is 98.7 Å². The molecule has 1 saturated carbocycles. The van der Waals surface area contributed by atoms with E-state index in [0.29, 0.717) is 66.7 Å². The number of nitriles is 1. The zero-order valence-electron chi connectivity index (χ0n) is 28.5. The molecule has 2 aliphatic heterocycles. The average molecular weight is 692 g/mol. The number of ether oxygens (including phenoxy) is 3. The first-order valence-electron chi connectivity index (χ1n) is 17.6. The molecular weight excluding hydrogens is 650 g/mol. The fourth-order valence-electron chi connectivity index (χ4n) is 7.64. The fraction of sp³-hybridized carbons (Fsp3) is 0.486. The lowest BCUT2D eigenvalue weighted by Gasteiger charge is -2.43. The zero-order valence-corrected chi connectivity index (χ0v) is 28.5. The molecule has 5 aromatic rings. The molecule has 16 nitrogen and oxygen atoms in total. The Morgan fingerprint density at radius 1 is 1.00 bits per heavy atom. The predicted octanol–water partition coefficient (Wildman–Crippen LogP) is 4.03. The summed E-state index contributed by atoms with van der Waals surface area (Å²) in [6.45, 7) is 5.10. The molecule has 3 fully saturated rings.